The van der Waals surface area contributed by atoms with Crippen molar-refractivity contribution in [2.24, 2.45) is 5.41 Å². The molecule has 2 N–H and O–H groups in total. The summed E-state index contributed by atoms with van der Waals surface area (Å²) in [5, 5.41) is 24.0. The van der Waals surface area contributed by atoms with Gasteiger partial charge in [-0.3, -0.25) is 0 Å². The van der Waals surface area contributed by atoms with Crippen LogP contribution in [0.3, 0.4) is 0 Å². The van der Waals surface area contributed by atoms with Crippen molar-refractivity contribution < 1.29 is 13.9 Å². The van der Waals surface area contributed by atoms with E-state index >= 15 is 8.78 Å². The first kappa shape index (κ1) is 23.0. The number of aliphatic hydroxyl groups excluding tert-OH is 1. The molecule has 1 aliphatic heterocycles. The highest BCUT2D eigenvalue weighted by Gasteiger charge is 2.59. The van der Waals surface area contributed by atoms with Crippen LogP contribution < -0.4 is 5.32 Å². The average molecular weight is 453 g/mol. The summed E-state index contributed by atoms with van der Waals surface area (Å²) >= 11 is 12.0. The molecular weight excluding hydrogens is 429 g/mol. The fraction of sp³-hybridized carbons (Fsp3) is 0.435. The van der Waals surface area contributed by atoms with Gasteiger partial charge in [0, 0.05) is 28.6 Å². The smallest absolute Gasteiger partial charge is 0.145 e. The van der Waals surface area contributed by atoms with Crippen molar-refractivity contribution in [3.05, 3.63) is 69.2 Å². The number of benzene rings is 2. The van der Waals surface area contributed by atoms with E-state index in [-0.39, 0.29) is 33.2 Å². The second kappa shape index (κ2) is 8.43. The second-order valence-electron chi connectivity index (χ2n) is 9.00. The van der Waals surface area contributed by atoms with E-state index in [1.54, 1.807) is 6.07 Å². The molecule has 3 rings (SSSR count). The number of hydrogen-bond acceptors (Lipinski definition) is 3. The van der Waals surface area contributed by atoms with Crippen molar-refractivity contribution in [2.45, 2.75) is 50.6 Å². The summed E-state index contributed by atoms with van der Waals surface area (Å²) in [6, 6.07) is 9.81. The summed E-state index contributed by atoms with van der Waals surface area (Å²) in [6.45, 7) is 5.68. The van der Waals surface area contributed by atoms with Crippen LogP contribution in [0.15, 0.2) is 36.4 Å². The molecule has 0 radical (unpaired) electrons. The lowest BCUT2D eigenvalue weighted by Crippen LogP contribution is -2.44. The molecule has 30 heavy (non-hydrogen) atoms. The Morgan fingerprint density at radius 3 is 2.47 bits per heavy atom. The topological polar surface area (TPSA) is 56.0 Å². The molecule has 1 fully saturated rings. The monoisotopic (exact) mass is 452 g/mol. The van der Waals surface area contributed by atoms with Gasteiger partial charge in [-0.2, -0.15) is 5.26 Å². The lowest BCUT2D eigenvalue weighted by Gasteiger charge is -2.37. The Bertz CT molecular complexity index is 986. The number of hydrogen-bond donors (Lipinski definition) is 2. The molecule has 2 aromatic carbocycles. The highest BCUT2D eigenvalue weighted by atomic mass is 35.5. The molecule has 4 atom stereocenters. The van der Waals surface area contributed by atoms with Crippen LogP contribution in [0.4, 0.5) is 8.78 Å². The van der Waals surface area contributed by atoms with E-state index in [2.05, 4.69) is 11.4 Å². The molecule has 0 aromatic heterocycles. The molecule has 0 unspecified atom stereocenters. The zero-order valence-electron chi connectivity index (χ0n) is 17.0. The first-order valence-electron chi connectivity index (χ1n) is 9.72. The predicted molar refractivity (Wildman–Crippen MR) is 115 cm³/mol. The first-order valence-corrected chi connectivity index (χ1v) is 10.5. The fourth-order valence-electron chi connectivity index (χ4n) is 4.62. The van der Waals surface area contributed by atoms with Crippen molar-refractivity contribution in [3.63, 3.8) is 0 Å². The Hall–Kier alpha value is -1.71. The van der Waals surface area contributed by atoms with Crippen LogP contribution in [0.1, 0.15) is 44.2 Å². The Morgan fingerprint density at radius 1 is 1.20 bits per heavy atom. The summed E-state index contributed by atoms with van der Waals surface area (Å²) in [4.78, 5) is 0. The van der Waals surface area contributed by atoms with Gasteiger partial charge in [0.15, 0.2) is 0 Å². The molecule has 160 valence electrons. The summed E-state index contributed by atoms with van der Waals surface area (Å²) in [6.07, 6.45) is 0.498. The maximum Gasteiger partial charge on any atom is 0.145 e. The van der Waals surface area contributed by atoms with E-state index in [0.29, 0.717) is 6.42 Å². The van der Waals surface area contributed by atoms with E-state index in [0.717, 1.165) is 6.07 Å². The first-order chi connectivity index (χ1) is 14.0. The van der Waals surface area contributed by atoms with Gasteiger partial charge in [0.05, 0.1) is 17.7 Å². The van der Waals surface area contributed by atoms with E-state index in [9.17, 15) is 10.4 Å². The molecule has 7 heteroatoms. The second-order valence-corrected chi connectivity index (χ2v) is 9.84. The standard InChI is InChI=1S/C23H24Cl2F2N2O/c1-22(2,3)10-19-23(12-28,15-8-7-13(24)9-17(15)26)20(18(11-30)29-19)14-5-4-6-16(25)21(14)27/h4-9,18-20,29-30H,10-11H2,1-3H3/t18-,19-,20-,23-/m0/s1. The number of rotatable bonds is 4. The van der Waals surface area contributed by atoms with Crippen LogP contribution in [0.5, 0.6) is 0 Å². The van der Waals surface area contributed by atoms with Crippen LogP contribution in [-0.4, -0.2) is 23.8 Å². The molecule has 2 aromatic rings. The van der Waals surface area contributed by atoms with Crippen molar-refractivity contribution in [1.82, 2.24) is 5.32 Å². The molecule has 0 bridgehead atoms. The van der Waals surface area contributed by atoms with Crippen LogP contribution in [0.25, 0.3) is 0 Å². The van der Waals surface area contributed by atoms with Crippen molar-refractivity contribution >= 4 is 23.2 Å². The molecule has 0 amide bonds. The summed E-state index contributed by atoms with van der Waals surface area (Å²) in [5.74, 6) is -2.18. The minimum Gasteiger partial charge on any atom is -0.395 e. The van der Waals surface area contributed by atoms with Gasteiger partial charge >= 0.3 is 0 Å². The zero-order chi connectivity index (χ0) is 22.3. The van der Waals surface area contributed by atoms with Gasteiger partial charge in [-0.05, 0) is 35.6 Å². The van der Waals surface area contributed by atoms with Crippen molar-refractivity contribution in [3.8, 4) is 6.07 Å². The zero-order valence-corrected chi connectivity index (χ0v) is 18.5. The Kier molecular flexibility index (Phi) is 6.46. The lowest BCUT2D eigenvalue weighted by molar-refractivity contribution is 0.236. The summed E-state index contributed by atoms with van der Waals surface area (Å²) in [7, 11) is 0. The summed E-state index contributed by atoms with van der Waals surface area (Å²) < 4.78 is 30.3. The maximum atomic E-state index is 15.2. The Labute approximate surface area is 185 Å². The molecule has 1 heterocycles. The van der Waals surface area contributed by atoms with Gasteiger partial charge < -0.3 is 10.4 Å². The van der Waals surface area contributed by atoms with Crippen molar-refractivity contribution in [1.29, 1.82) is 5.26 Å². The van der Waals surface area contributed by atoms with Gasteiger partial charge in [-0.25, -0.2) is 8.78 Å². The van der Waals surface area contributed by atoms with E-state index in [4.69, 9.17) is 23.2 Å². The van der Waals surface area contributed by atoms with E-state index in [1.807, 2.05) is 20.8 Å². The molecule has 0 saturated carbocycles. The number of aliphatic hydroxyl groups is 1. The van der Waals surface area contributed by atoms with Crippen LogP contribution in [0.2, 0.25) is 10.0 Å². The van der Waals surface area contributed by atoms with Gasteiger partial charge in [-0.1, -0.05) is 62.2 Å². The van der Waals surface area contributed by atoms with E-state index in [1.165, 1.54) is 24.3 Å². The SMILES string of the molecule is CC(C)(C)C[C@@H]1N[C@@H](CO)[C@H](c2cccc(Cl)c2F)[C@@]1(C#N)c1ccc(Cl)cc1F. The largest absolute Gasteiger partial charge is 0.395 e. The van der Waals surface area contributed by atoms with Crippen LogP contribution >= 0.6 is 23.2 Å². The molecule has 1 saturated heterocycles. The molecule has 1 aliphatic rings. The third-order valence-corrected chi connectivity index (χ3v) is 6.28. The van der Waals surface area contributed by atoms with Crippen LogP contribution in [0, 0.1) is 28.4 Å². The fourth-order valence-corrected chi connectivity index (χ4v) is 4.96. The molecular formula is C23H24Cl2F2N2O. The highest BCUT2D eigenvalue weighted by Crippen LogP contribution is 2.52. The third-order valence-electron chi connectivity index (χ3n) is 5.75. The average Bonchev–Trinajstić information content (AvgIpc) is 2.96. The van der Waals surface area contributed by atoms with Gasteiger partial charge in [-0.15, -0.1) is 0 Å². The van der Waals surface area contributed by atoms with Gasteiger partial charge in [0.1, 0.15) is 17.0 Å². The number of nitrogens with one attached hydrogen (secondary N) is 1. The third kappa shape index (κ3) is 3.94. The summed E-state index contributed by atoms with van der Waals surface area (Å²) in [5.41, 5.74) is -1.41. The maximum absolute atomic E-state index is 15.2. The lowest BCUT2D eigenvalue weighted by atomic mass is 9.63. The van der Waals surface area contributed by atoms with Crippen molar-refractivity contribution in [2.75, 3.05) is 6.61 Å². The molecule has 0 spiro atoms. The minimum absolute atomic E-state index is 0.0909. The highest BCUT2D eigenvalue weighted by molar-refractivity contribution is 6.31. The van der Waals surface area contributed by atoms with E-state index < -0.39 is 35.1 Å². The normalized spacial score (nSPS) is 26.6. The Morgan fingerprint density at radius 2 is 1.90 bits per heavy atom. The number of nitriles is 1. The van der Waals surface area contributed by atoms with Gasteiger partial charge in [0.2, 0.25) is 0 Å². The molecule has 0 aliphatic carbocycles. The quantitative estimate of drug-likeness (QED) is 0.635. The van der Waals surface area contributed by atoms with Crippen LogP contribution in [-0.2, 0) is 5.41 Å². The minimum atomic E-state index is -1.49. The van der Waals surface area contributed by atoms with Gasteiger partial charge in [0.25, 0.3) is 0 Å². The number of nitrogens with zero attached hydrogens (tertiary/aromatic N) is 1. The predicted octanol–water partition coefficient (Wildman–Crippen LogP) is 5.59. The number of halogens is 4. The molecule has 3 nitrogen and oxygen atoms in total. The Balaban J connectivity index is 2.33.